The van der Waals surface area contributed by atoms with Gasteiger partial charge in [-0.3, -0.25) is 0 Å². The first-order chi connectivity index (χ1) is 14.4. The fraction of sp³-hybridized carbons (Fsp3) is 0.190. The Morgan fingerprint density at radius 1 is 1.10 bits per heavy atom. The van der Waals surface area contributed by atoms with Crippen LogP contribution in [0, 0.1) is 13.8 Å². The van der Waals surface area contributed by atoms with Crippen molar-refractivity contribution < 1.29 is 4.74 Å². The molecule has 4 rings (SSSR count). The highest BCUT2D eigenvalue weighted by Crippen LogP contribution is 2.28. The lowest BCUT2D eigenvalue weighted by Crippen LogP contribution is -2.23. The molecular weight excluding hydrogens is 404 g/mol. The minimum atomic E-state index is -0.362. The standard InChI is InChI=1S/C21H19ClN6O2/c1-13-11-15(18-9-10-23-14(2)24-18)7-8-20(13)30-12-16-17(22)5-4-6-19(16)28-21(29)27(3)25-26-28/h4-11H,12H2,1-3H3. The number of rotatable bonds is 5. The SMILES string of the molecule is Cc1nccc(-c2ccc(OCc3c(Cl)cccc3-n3nnn(C)c3=O)c(C)c2)n1. The zero-order valence-electron chi connectivity index (χ0n) is 16.7. The Kier molecular flexibility index (Phi) is 5.33. The van der Waals surface area contributed by atoms with Gasteiger partial charge in [-0.25, -0.2) is 14.8 Å². The van der Waals surface area contributed by atoms with Gasteiger partial charge >= 0.3 is 5.69 Å². The molecule has 0 N–H and O–H groups in total. The van der Waals surface area contributed by atoms with Gasteiger partial charge in [0.05, 0.1) is 11.4 Å². The Morgan fingerprint density at radius 2 is 1.93 bits per heavy atom. The monoisotopic (exact) mass is 422 g/mol. The molecule has 4 aromatic rings. The van der Waals surface area contributed by atoms with E-state index in [1.165, 1.54) is 11.7 Å². The largest absolute Gasteiger partial charge is 0.488 e. The number of aryl methyl sites for hydroxylation is 3. The first-order valence-electron chi connectivity index (χ1n) is 9.24. The molecule has 152 valence electrons. The van der Waals surface area contributed by atoms with Crippen LogP contribution in [0.4, 0.5) is 0 Å². The number of nitrogens with zero attached hydrogens (tertiary/aromatic N) is 6. The highest BCUT2D eigenvalue weighted by molar-refractivity contribution is 6.31. The van der Waals surface area contributed by atoms with Crippen molar-refractivity contribution >= 4 is 11.6 Å². The van der Waals surface area contributed by atoms with Gasteiger partial charge in [-0.05, 0) is 66.2 Å². The molecule has 0 aliphatic carbocycles. The normalized spacial score (nSPS) is 10.9. The Bertz CT molecular complexity index is 1280. The summed E-state index contributed by atoms with van der Waals surface area (Å²) in [5, 5.41) is 8.15. The van der Waals surface area contributed by atoms with E-state index in [2.05, 4.69) is 20.4 Å². The molecule has 30 heavy (non-hydrogen) atoms. The number of hydrogen-bond donors (Lipinski definition) is 0. The highest BCUT2D eigenvalue weighted by Gasteiger charge is 2.15. The first kappa shape index (κ1) is 19.8. The van der Waals surface area contributed by atoms with Crippen LogP contribution in [0.2, 0.25) is 5.02 Å². The number of ether oxygens (including phenoxy) is 1. The van der Waals surface area contributed by atoms with Crippen molar-refractivity contribution in [3.63, 3.8) is 0 Å². The molecule has 0 bridgehead atoms. The number of aromatic nitrogens is 6. The van der Waals surface area contributed by atoms with E-state index in [-0.39, 0.29) is 12.3 Å². The van der Waals surface area contributed by atoms with E-state index >= 15 is 0 Å². The van der Waals surface area contributed by atoms with E-state index < -0.39 is 0 Å². The second kappa shape index (κ2) is 8.08. The maximum atomic E-state index is 12.3. The fourth-order valence-electron chi connectivity index (χ4n) is 3.09. The van der Waals surface area contributed by atoms with Gasteiger partial charge in [-0.1, -0.05) is 17.7 Å². The van der Waals surface area contributed by atoms with Crippen LogP contribution < -0.4 is 10.4 Å². The van der Waals surface area contributed by atoms with Crippen molar-refractivity contribution in [3.8, 4) is 22.7 Å². The molecule has 0 amide bonds. The van der Waals surface area contributed by atoms with Gasteiger partial charge in [0, 0.05) is 29.4 Å². The van der Waals surface area contributed by atoms with Gasteiger partial charge in [0.25, 0.3) is 0 Å². The maximum absolute atomic E-state index is 12.3. The van der Waals surface area contributed by atoms with Crippen LogP contribution in [0.1, 0.15) is 17.0 Å². The van der Waals surface area contributed by atoms with E-state index in [4.69, 9.17) is 16.3 Å². The molecule has 0 spiro atoms. The number of halogens is 1. The molecule has 0 unspecified atom stereocenters. The second-order valence-electron chi connectivity index (χ2n) is 6.79. The van der Waals surface area contributed by atoms with Crippen molar-refractivity contribution in [3.05, 3.63) is 81.1 Å². The lowest BCUT2D eigenvalue weighted by atomic mass is 10.1. The summed E-state index contributed by atoms with van der Waals surface area (Å²) in [6, 6.07) is 13.0. The Morgan fingerprint density at radius 3 is 2.63 bits per heavy atom. The molecule has 2 aromatic carbocycles. The van der Waals surface area contributed by atoms with Gasteiger partial charge in [0.15, 0.2) is 0 Å². The van der Waals surface area contributed by atoms with E-state index in [0.29, 0.717) is 22.0 Å². The molecule has 8 nitrogen and oxygen atoms in total. The van der Waals surface area contributed by atoms with Crippen molar-refractivity contribution in [2.75, 3.05) is 0 Å². The van der Waals surface area contributed by atoms with Crippen LogP contribution in [0.5, 0.6) is 5.75 Å². The minimum absolute atomic E-state index is 0.171. The summed E-state index contributed by atoms with van der Waals surface area (Å²) in [6.07, 6.45) is 1.74. The third-order valence-electron chi connectivity index (χ3n) is 4.66. The van der Waals surface area contributed by atoms with E-state index in [1.54, 1.807) is 24.4 Å². The average molecular weight is 423 g/mol. The third kappa shape index (κ3) is 3.81. The number of tetrazole rings is 1. The van der Waals surface area contributed by atoms with Crippen LogP contribution in [-0.2, 0) is 13.7 Å². The van der Waals surface area contributed by atoms with Crippen molar-refractivity contribution in [2.45, 2.75) is 20.5 Å². The zero-order chi connectivity index (χ0) is 21.3. The quantitative estimate of drug-likeness (QED) is 0.490. The Labute approximate surface area is 177 Å². The lowest BCUT2D eigenvalue weighted by molar-refractivity contribution is 0.303. The molecule has 0 atom stereocenters. The number of benzene rings is 2. The summed E-state index contributed by atoms with van der Waals surface area (Å²) in [7, 11) is 1.54. The van der Waals surface area contributed by atoms with E-state index in [0.717, 1.165) is 27.3 Å². The fourth-order valence-corrected chi connectivity index (χ4v) is 3.32. The summed E-state index contributed by atoms with van der Waals surface area (Å²) >= 11 is 6.40. The topological polar surface area (TPSA) is 87.7 Å². The molecule has 0 aliphatic rings. The predicted octanol–water partition coefficient (Wildman–Crippen LogP) is 3.27. The molecule has 9 heteroatoms. The smallest absolute Gasteiger partial charge is 0.368 e. The Hall–Kier alpha value is -3.52. The van der Waals surface area contributed by atoms with Crippen LogP contribution in [0.25, 0.3) is 16.9 Å². The summed E-state index contributed by atoms with van der Waals surface area (Å²) < 4.78 is 8.40. The molecule has 0 aliphatic heterocycles. The van der Waals surface area contributed by atoms with E-state index in [9.17, 15) is 4.79 Å². The second-order valence-corrected chi connectivity index (χ2v) is 7.20. The third-order valence-corrected chi connectivity index (χ3v) is 5.02. The Balaban J connectivity index is 1.61. The van der Waals surface area contributed by atoms with Crippen LogP contribution in [0.3, 0.4) is 0 Å². The maximum Gasteiger partial charge on any atom is 0.368 e. The van der Waals surface area contributed by atoms with Gasteiger partial charge < -0.3 is 4.74 Å². The van der Waals surface area contributed by atoms with Crippen molar-refractivity contribution in [1.29, 1.82) is 0 Å². The molecule has 0 fully saturated rings. The molecule has 2 heterocycles. The summed E-state index contributed by atoms with van der Waals surface area (Å²) in [4.78, 5) is 20.9. The minimum Gasteiger partial charge on any atom is -0.488 e. The molecule has 0 saturated heterocycles. The summed E-state index contributed by atoms with van der Waals surface area (Å²) in [5.74, 6) is 1.43. The van der Waals surface area contributed by atoms with Crippen LogP contribution in [0.15, 0.2) is 53.5 Å². The van der Waals surface area contributed by atoms with Crippen molar-refractivity contribution in [1.82, 2.24) is 29.8 Å². The lowest BCUT2D eigenvalue weighted by Gasteiger charge is -2.14. The summed E-state index contributed by atoms with van der Waals surface area (Å²) in [5.41, 5.74) is 3.61. The van der Waals surface area contributed by atoms with Gasteiger partial charge in [0.1, 0.15) is 18.2 Å². The van der Waals surface area contributed by atoms with Gasteiger partial charge in [0.2, 0.25) is 0 Å². The molecular formula is C21H19ClN6O2. The van der Waals surface area contributed by atoms with Gasteiger partial charge in [-0.15, -0.1) is 0 Å². The summed E-state index contributed by atoms with van der Waals surface area (Å²) in [6.45, 7) is 4.00. The number of hydrogen-bond acceptors (Lipinski definition) is 6. The first-order valence-corrected chi connectivity index (χ1v) is 9.62. The van der Waals surface area contributed by atoms with Crippen molar-refractivity contribution in [2.24, 2.45) is 7.05 Å². The van der Waals surface area contributed by atoms with Crippen LogP contribution in [-0.4, -0.2) is 29.8 Å². The highest BCUT2D eigenvalue weighted by atomic mass is 35.5. The molecule has 0 radical (unpaired) electrons. The van der Waals surface area contributed by atoms with Crippen LogP contribution >= 0.6 is 11.6 Å². The molecule has 2 aromatic heterocycles. The average Bonchev–Trinajstić information content (AvgIpc) is 3.06. The van der Waals surface area contributed by atoms with E-state index in [1.807, 2.05) is 38.1 Å². The molecule has 0 saturated carbocycles. The van der Waals surface area contributed by atoms with Gasteiger partial charge in [-0.2, -0.15) is 9.36 Å². The zero-order valence-corrected chi connectivity index (χ0v) is 17.5. The predicted molar refractivity (Wildman–Crippen MR) is 113 cm³/mol.